The molecule has 0 radical (unpaired) electrons. The Balaban J connectivity index is 2.53. The van der Waals surface area contributed by atoms with Crippen molar-refractivity contribution in [2.24, 2.45) is 0 Å². The van der Waals surface area contributed by atoms with E-state index in [2.05, 4.69) is 0 Å². The molecule has 0 aliphatic heterocycles. The third kappa shape index (κ3) is 2.47. The molecule has 0 atom stereocenters. The molecule has 0 saturated heterocycles. The van der Waals surface area contributed by atoms with E-state index in [0.29, 0.717) is 27.3 Å². The SMILES string of the molecule is Cc1cc(C(=O)c2cccc(Cl)c2N)cc(C)c1F. The van der Waals surface area contributed by atoms with Crippen LogP contribution in [-0.4, -0.2) is 5.78 Å². The second-order valence-corrected chi connectivity index (χ2v) is 4.86. The lowest BCUT2D eigenvalue weighted by molar-refractivity contribution is 0.103. The predicted molar refractivity (Wildman–Crippen MR) is 75.2 cm³/mol. The lowest BCUT2D eigenvalue weighted by atomic mass is 9.98. The molecule has 98 valence electrons. The fourth-order valence-corrected chi connectivity index (χ4v) is 2.14. The van der Waals surface area contributed by atoms with Gasteiger partial charge in [-0.2, -0.15) is 0 Å². The molecule has 0 bridgehead atoms. The quantitative estimate of drug-likeness (QED) is 0.668. The van der Waals surface area contributed by atoms with Crippen LogP contribution < -0.4 is 5.73 Å². The number of anilines is 1. The summed E-state index contributed by atoms with van der Waals surface area (Å²) in [4.78, 5) is 12.4. The molecule has 0 heterocycles. The third-order valence-corrected chi connectivity index (χ3v) is 3.33. The van der Waals surface area contributed by atoms with Gasteiger partial charge in [0.05, 0.1) is 10.7 Å². The topological polar surface area (TPSA) is 43.1 Å². The fraction of sp³-hybridized carbons (Fsp3) is 0.133. The van der Waals surface area contributed by atoms with Gasteiger partial charge in [0, 0.05) is 11.1 Å². The van der Waals surface area contributed by atoms with Crippen molar-refractivity contribution in [2.45, 2.75) is 13.8 Å². The van der Waals surface area contributed by atoms with E-state index < -0.39 is 0 Å². The number of nitrogens with two attached hydrogens (primary N) is 1. The summed E-state index contributed by atoms with van der Waals surface area (Å²) in [7, 11) is 0. The molecular formula is C15H13ClFNO. The van der Waals surface area contributed by atoms with Gasteiger partial charge in [-0.1, -0.05) is 17.7 Å². The second kappa shape index (κ2) is 5.02. The highest BCUT2D eigenvalue weighted by Crippen LogP contribution is 2.25. The minimum atomic E-state index is -0.296. The Kier molecular flexibility index (Phi) is 3.58. The number of benzene rings is 2. The van der Waals surface area contributed by atoms with Crippen LogP contribution in [0.15, 0.2) is 30.3 Å². The van der Waals surface area contributed by atoms with E-state index in [9.17, 15) is 9.18 Å². The number of hydrogen-bond acceptors (Lipinski definition) is 2. The maximum Gasteiger partial charge on any atom is 0.195 e. The summed E-state index contributed by atoms with van der Waals surface area (Å²) in [5.74, 6) is -0.554. The van der Waals surface area contributed by atoms with Crippen LogP contribution in [-0.2, 0) is 0 Å². The van der Waals surface area contributed by atoms with Crippen molar-refractivity contribution in [2.75, 3.05) is 5.73 Å². The number of carbonyl (C=O) groups is 1. The Morgan fingerprint density at radius 2 is 1.79 bits per heavy atom. The summed E-state index contributed by atoms with van der Waals surface area (Å²) in [5, 5.41) is 0.335. The first-order valence-corrected chi connectivity index (χ1v) is 6.15. The predicted octanol–water partition coefficient (Wildman–Crippen LogP) is 3.91. The number of para-hydroxylation sites is 1. The largest absolute Gasteiger partial charge is 0.397 e. The fourth-order valence-electron chi connectivity index (χ4n) is 1.97. The van der Waals surface area contributed by atoms with E-state index >= 15 is 0 Å². The zero-order valence-corrected chi connectivity index (χ0v) is 11.4. The number of hydrogen-bond donors (Lipinski definition) is 1. The normalized spacial score (nSPS) is 10.5. The Morgan fingerprint density at radius 1 is 1.21 bits per heavy atom. The van der Waals surface area contributed by atoms with Gasteiger partial charge in [-0.3, -0.25) is 4.79 Å². The summed E-state index contributed by atoms with van der Waals surface area (Å²) >= 11 is 5.90. The summed E-state index contributed by atoms with van der Waals surface area (Å²) in [6.07, 6.45) is 0. The maximum absolute atomic E-state index is 13.6. The smallest absolute Gasteiger partial charge is 0.195 e. The highest BCUT2D eigenvalue weighted by molar-refractivity contribution is 6.34. The number of halogens is 2. The summed E-state index contributed by atoms with van der Waals surface area (Å²) in [6.45, 7) is 3.25. The van der Waals surface area contributed by atoms with Gasteiger partial charge < -0.3 is 5.73 Å². The first kappa shape index (κ1) is 13.6. The Hall–Kier alpha value is -1.87. The molecular weight excluding hydrogens is 265 g/mol. The van der Waals surface area contributed by atoms with Crippen molar-refractivity contribution in [3.8, 4) is 0 Å². The van der Waals surface area contributed by atoms with E-state index in [4.69, 9.17) is 17.3 Å². The van der Waals surface area contributed by atoms with Crippen molar-refractivity contribution >= 4 is 23.1 Å². The molecule has 0 aliphatic carbocycles. The molecule has 2 aromatic carbocycles. The lowest BCUT2D eigenvalue weighted by Crippen LogP contribution is -2.07. The average Bonchev–Trinajstić information content (AvgIpc) is 2.38. The van der Waals surface area contributed by atoms with Crippen LogP contribution in [0, 0.1) is 19.7 Å². The molecule has 19 heavy (non-hydrogen) atoms. The van der Waals surface area contributed by atoms with Gasteiger partial charge in [0.15, 0.2) is 5.78 Å². The molecule has 4 heteroatoms. The van der Waals surface area contributed by atoms with Crippen molar-refractivity contribution in [3.63, 3.8) is 0 Å². The standard InChI is InChI=1S/C15H13ClFNO/c1-8-6-10(7-9(2)13(8)17)15(19)11-4-3-5-12(16)14(11)18/h3-7H,18H2,1-2H3. The minimum absolute atomic E-state index is 0.244. The van der Waals surface area contributed by atoms with Gasteiger partial charge in [-0.05, 0) is 49.2 Å². The lowest BCUT2D eigenvalue weighted by Gasteiger charge is -2.09. The maximum atomic E-state index is 13.6. The van der Waals surface area contributed by atoms with Crippen molar-refractivity contribution < 1.29 is 9.18 Å². The number of aryl methyl sites for hydroxylation is 2. The molecule has 0 aromatic heterocycles. The van der Waals surface area contributed by atoms with E-state index in [1.165, 1.54) is 12.1 Å². The van der Waals surface area contributed by atoms with Crippen molar-refractivity contribution in [1.29, 1.82) is 0 Å². The molecule has 2 nitrogen and oxygen atoms in total. The summed E-state index contributed by atoms with van der Waals surface area (Å²) in [6, 6.07) is 7.93. The minimum Gasteiger partial charge on any atom is -0.397 e. The number of rotatable bonds is 2. The molecule has 0 fully saturated rings. The first-order valence-electron chi connectivity index (χ1n) is 5.77. The Bertz CT molecular complexity index is 644. The van der Waals surface area contributed by atoms with Crippen LogP contribution in [0.5, 0.6) is 0 Å². The Labute approximate surface area is 116 Å². The average molecular weight is 278 g/mol. The third-order valence-electron chi connectivity index (χ3n) is 3.00. The van der Waals surface area contributed by atoms with Crippen molar-refractivity contribution in [3.05, 3.63) is 63.4 Å². The zero-order chi connectivity index (χ0) is 14.2. The highest BCUT2D eigenvalue weighted by Gasteiger charge is 2.16. The molecule has 0 spiro atoms. The van der Waals surface area contributed by atoms with E-state index in [1.54, 1.807) is 32.0 Å². The zero-order valence-electron chi connectivity index (χ0n) is 10.6. The molecule has 2 N–H and O–H groups in total. The second-order valence-electron chi connectivity index (χ2n) is 4.45. The highest BCUT2D eigenvalue weighted by atomic mass is 35.5. The van der Waals surface area contributed by atoms with Crippen LogP contribution in [0.1, 0.15) is 27.0 Å². The van der Waals surface area contributed by atoms with Gasteiger partial charge in [-0.25, -0.2) is 4.39 Å². The van der Waals surface area contributed by atoms with Crippen LogP contribution in [0.25, 0.3) is 0 Å². The van der Waals surface area contributed by atoms with Gasteiger partial charge in [-0.15, -0.1) is 0 Å². The number of nitrogen functional groups attached to an aromatic ring is 1. The molecule has 0 saturated carbocycles. The number of ketones is 1. The van der Waals surface area contributed by atoms with E-state index in [-0.39, 0.29) is 17.3 Å². The van der Waals surface area contributed by atoms with Crippen molar-refractivity contribution in [1.82, 2.24) is 0 Å². The Morgan fingerprint density at radius 3 is 2.37 bits per heavy atom. The summed E-state index contributed by atoms with van der Waals surface area (Å²) in [5.41, 5.74) is 7.65. The van der Waals surface area contributed by atoms with E-state index in [0.717, 1.165) is 0 Å². The van der Waals surface area contributed by atoms with Crippen LogP contribution in [0.2, 0.25) is 5.02 Å². The number of carbonyl (C=O) groups excluding carboxylic acids is 1. The molecule has 0 amide bonds. The monoisotopic (exact) mass is 277 g/mol. The van der Waals surface area contributed by atoms with Gasteiger partial charge in [0.25, 0.3) is 0 Å². The van der Waals surface area contributed by atoms with Crippen LogP contribution in [0.4, 0.5) is 10.1 Å². The molecule has 2 aromatic rings. The van der Waals surface area contributed by atoms with Crippen LogP contribution in [0.3, 0.4) is 0 Å². The van der Waals surface area contributed by atoms with Gasteiger partial charge >= 0.3 is 0 Å². The van der Waals surface area contributed by atoms with E-state index in [1.807, 2.05) is 0 Å². The summed E-state index contributed by atoms with van der Waals surface area (Å²) < 4.78 is 13.6. The molecule has 2 rings (SSSR count). The molecule has 0 aliphatic rings. The first-order chi connectivity index (χ1) is 8.91. The van der Waals surface area contributed by atoms with Gasteiger partial charge in [0.1, 0.15) is 5.82 Å². The van der Waals surface area contributed by atoms with Gasteiger partial charge in [0.2, 0.25) is 0 Å². The molecule has 0 unspecified atom stereocenters. The van der Waals surface area contributed by atoms with Crippen LogP contribution >= 0.6 is 11.6 Å².